The van der Waals surface area contributed by atoms with Gasteiger partial charge in [-0.05, 0) is 55.7 Å². The van der Waals surface area contributed by atoms with Crippen LogP contribution in [0.15, 0.2) is 57.8 Å². The number of fused-ring (bicyclic) bond motifs is 1. The molecule has 2 aromatic rings. The maximum absolute atomic E-state index is 13.2. The van der Waals surface area contributed by atoms with Crippen molar-refractivity contribution < 1.29 is 17.9 Å². The lowest BCUT2D eigenvalue weighted by Crippen LogP contribution is -2.50. The Kier molecular flexibility index (Phi) is 5.60. The Labute approximate surface area is 187 Å². The van der Waals surface area contributed by atoms with Gasteiger partial charge in [-0.3, -0.25) is 4.79 Å². The summed E-state index contributed by atoms with van der Waals surface area (Å²) in [5.41, 5.74) is 2.40. The lowest BCUT2D eigenvalue weighted by molar-refractivity contribution is -0.120. The highest BCUT2D eigenvalue weighted by molar-refractivity contribution is 7.90. The van der Waals surface area contributed by atoms with Crippen LogP contribution < -0.4 is 10.2 Å². The monoisotopic (exact) mass is 454 g/mol. The molecule has 3 aliphatic heterocycles. The van der Waals surface area contributed by atoms with Crippen LogP contribution in [0.4, 0.5) is 11.4 Å². The minimum atomic E-state index is -3.73. The molecule has 0 radical (unpaired) electrons. The van der Waals surface area contributed by atoms with Gasteiger partial charge in [-0.2, -0.15) is 8.42 Å². The van der Waals surface area contributed by atoms with Crippen molar-refractivity contribution in [3.05, 3.63) is 54.1 Å². The summed E-state index contributed by atoms with van der Waals surface area (Å²) < 4.78 is 34.5. The summed E-state index contributed by atoms with van der Waals surface area (Å²) in [5.74, 6) is 0.233. The minimum absolute atomic E-state index is 0.145. The molecule has 0 spiro atoms. The molecule has 2 saturated heterocycles. The Morgan fingerprint density at radius 1 is 1.00 bits per heavy atom. The molecule has 168 valence electrons. The van der Waals surface area contributed by atoms with Crippen LogP contribution >= 0.6 is 0 Å². The molecule has 2 aromatic carbocycles. The van der Waals surface area contributed by atoms with E-state index in [9.17, 15) is 13.2 Å². The molecule has 0 aromatic heterocycles. The zero-order chi connectivity index (χ0) is 22.1. The van der Waals surface area contributed by atoms with Gasteiger partial charge in [-0.25, -0.2) is 0 Å². The van der Waals surface area contributed by atoms with Gasteiger partial charge in [0, 0.05) is 36.6 Å². The third-order valence-corrected chi connectivity index (χ3v) is 7.53. The average Bonchev–Trinajstić information content (AvgIpc) is 3.11. The quantitative estimate of drug-likeness (QED) is 0.766. The summed E-state index contributed by atoms with van der Waals surface area (Å²) in [7, 11) is -3.73. The standard InChI is InChI=1S/C23H26N4O4S/c28-23(24-17-8-10-18(11-9-17)26-13-15-31-16-14-26)20-6-3-4-12-27(20)22-19-5-1-2-7-21(19)32(29,30)25-22/h1-2,5,7-11,20H,3-4,6,12-16H2,(H,24,28)/t20-/m1/s1. The number of likely N-dealkylation sites (tertiary alicyclic amines) is 1. The number of hydrogen-bond acceptors (Lipinski definition) is 6. The average molecular weight is 455 g/mol. The molecule has 0 bridgehead atoms. The van der Waals surface area contributed by atoms with Crippen molar-refractivity contribution in [2.45, 2.75) is 30.2 Å². The van der Waals surface area contributed by atoms with Crippen LogP contribution in [0, 0.1) is 0 Å². The van der Waals surface area contributed by atoms with E-state index in [0.717, 1.165) is 50.5 Å². The first-order valence-electron chi connectivity index (χ1n) is 11.0. The van der Waals surface area contributed by atoms with Gasteiger partial charge >= 0.3 is 0 Å². The van der Waals surface area contributed by atoms with Crippen LogP contribution in [-0.4, -0.2) is 64.0 Å². The second-order valence-corrected chi connectivity index (χ2v) is 9.80. The lowest BCUT2D eigenvalue weighted by atomic mass is 9.99. The molecular weight excluding hydrogens is 428 g/mol. The number of morpholine rings is 1. The van der Waals surface area contributed by atoms with Gasteiger partial charge in [0.15, 0.2) is 5.84 Å². The molecule has 0 saturated carbocycles. The summed E-state index contributed by atoms with van der Waals surface area (Å²) in [4.78, 5) is 17.5. The fourth-order valence-corrected chi connectivity index (χ4v) is 5.77. The fraction of sp³-hybridized carbons (Fsp3) is 0.391. The number of rotatable bonds is 3. The number of sulfonamides is 1. The van der Waals surface area contributed by atoms with Crippen LogP contribution in [0.5, 0.6) is 0 Å². The number of anilines is 2. The molecule has 1 atom stereocenters. The summed E-state index contributed by atoms with van der Waals surface area (Å²) in [6, 6.07) is 14.2. The van der Waals surface area contributed by atoms with Gasteiger partial charge in [0.25, 0.3) is 10.0 Å². The Bertz CT molecular complexity index is 1140. The first-order valence-corrected chi connectivity index (χ1v) is 12.4. The second-order valence-electron chi connectivity index (χ2n) is 8.23. The number of carbonyl (C=O) groups is 1. The van der Waals surface area contributed by atoms with Crippen LogP contribution in [0.2, 0.25) is 0 Å². The van der Waals surface area contributed by atoms with Gasteiger partial charge in [-0.15, -0.1) is 4.40 Å². The number of carbonyl (C=O) groups excluding carboxylic acids is 1. The predicted octanol–water partition coefficient (Wildman–Crippen LogP) is 2.47. The first kappa shape index (κ1) is 21.0. The van der Waals surface area contributed by atoms with Gasteiger partial charge < -0.3 is 19.9 Å². The molecule has 8 nitrogen and oxygen atoms in total. The number of amidine groups is 1. The molecule has 5 rings (SSSR count). The number of nitrogens with zero attached hydrogens (tertiary/aromatic N) is 3. The zero-order valence-electron chi connectivity index (χ0n) is 17.7. The molecule has 0 unspecified atom stereocenters. The summed E-state index contributed by atoms with van der Waals surface area (Å²) in [5, 5.41) is 3.01. The largest absolute Gasteiger partial charge is 0.378 e. The van der Waals surface area contributed by atoms with Crippen molar-refractivity contribution in [2.75, 3.05) is 43.1 Å². The van der Waals surface area contributed by atoms with Crippen molar-refractivity contribution in [1.29, 1.82) is 0 Å². The second kappa shape index (κ2) is 8.55. The molecule has 0 aliphatic carbocycles. The van der Waals surface area contributed by atoms with Crippen molar-refractivity contribution in [3.63, 3.8) is 0 Å². The minimum Gasteiger partial charge on any atom is -0.378 e. The van der Waals surface area contributed by atoms with Crippen molar-refractivity contribution in [1.82, 2.24) is 4.90 Å². The molecule has 3 aliphatic rings. The Balaban J connectivity index is 1.34. The lowest BCUT2D eigenvalue weighted by Gasteiger charge is -2.36. The first-order chi connectivity index (χ1) is 15.5. The highest BCUT2D eigenvalue weighted by atomic mass is 32.2. The molecule has 3 heterocycles. The SMILES string of the molecule is O=C(Nc1ccc(N2CCOCC2)cc1)[C@H]1CCCCN1C1=NS(=O)(=O)c2ccccc21. The number of hydrogen-bond donors (Lipinski definition) is 1. The fourth-order valence-electron chi connectivity index (χ4n) is 4.56. The number of ether oxygens (including phenoxy) is 1. The van der Waals surface area contributed by atoms with E-state index >= 15 is 0 Å². The smallest absolute Gasteiger partial charge is 0.285 e. The van der Waals surface area contributed by atoms with Gasteiger partial charge in [0.1, 0.15) is 10.9 Å². The third-order valence-electron chi connectivity index (χ3n) is 6.20. The van der Waals surface area contributed by atoms with Crippen molar-refractivity contribution >= 4 is 33.1 Å². The van der Waals surface area contributed by atoms with Crippen LogP contribution in [0.3, 0.4) is 0 Å². The third kappa shape index (κ3) is 3.98. The van der Waals surface area contributed by atoms with E-state index < -0.39 is 16.1 Å². The summed E-state index contributed by atoms with van der Waals surface area (Å²) in [6.07, 6.45) is 2.45. The van der Waals surface area contributed by atoms with E-state index in [1.165, 1.54) is 0 Å². The molecular formula is C23H26N4O4S. The van der Waals surface area contributed by atoms with E-state index in [4.69, 9.17) is 4.74 Å². The number of nitrogens with one attached hydrogen (secondary N) is 1. The summed E-state index contributed by atoms with van der Waals surface area (Å²) >= 11 is 0. The highest BCUT2D eigenvalue weighted by Gasteiger charge is 2.38. The molecule has 1 N–H and O–H groups in total. The van der Waals surface area contributed by atoms with E-state index in [1.54, 1.807) is 24.3 Å². The van der Waals surface area contributed by atoms with E-state index in [1.807, 2.05) is 29.2 Å². The Hall–Kier alpha value is -2.91. The van der Waals surface area contributed by atoms with Gasteiger partial charge in [0.2, 0.25) is 5.91 Å². The maximum atomic E-state index is 13.2. The molecule has 9 heteroatoms. The van der Waals surface area contributed by atoms with E-state index in [-0.39, 0.29) is 10.8 Å². The Morgan fingerprint density at radius 3 is 2.53 bits per heavy atom. The number of amides is 1. The van der Waals surface area contributed by atoms with Crippen LogP contribution in [0.1, 0.15) is 24.8 Å². The Morgan fingerprint density at radius 2 is 1.75 bits per heavy atom. The highest BCUT2D eigenvalue weighted by Crippen LogP contribution is 2.31. The molecule has 2 fully saturated rings. The maximum Gasteiger partial charge on any atom is 0.285 e. The van der Waals surface area contributed by atoms with Crippen LogP contribution in [0.25, 0.3) is 0 Å². The molecule has 32 heavy (non-hydrogen) atoms. The molecule has 1 amide bonds. The van der Waals surface area contributed by atoms with E-state index in [2.05, 4.69) is 14.6 Å². The van der Waals surface area contributed by atoms with E-state index in [0.29, 0.717) is 24.4 Å². The van der Waals surface area contributed by atoms with Crippen molar-refractivity contribution in [3.8, 4) is 0 Å². The van der Waals surface area contributed by atoms with Crippen LogP contribution in [-0.2, 0) is 19.6 Å². The normalized spacial score (nSPS) is 22.2. The predicted molar refractivity (Wildman–Crippen MR) is 123 cm³/mol. The number of piperidine rings is 1. The summed E-state index contributed by atoms with van der Waals surface area (Å²) in [6.45, 7) is 3.75. The zero-order valence-corrected chi connectivity index (χ0v) is 18.6. The van der Waals surface area contributed by atoms with Crippen molar-refractivity contribution in [2.24, 2.45) is 4.40 Å². The topological polar surface area (TPSA) is 91.3 Å². The van der Waals surface area contributed by atoms with Gasteiger partial charge in [0.05, 0.1) is 13.2 Å². The number of benzene rings is 2. The van der Waals surface area contributed by atoms with Gasteiger partial charge in [-0.1, -0.05) is 12.1 Å².